The van der Waals surface area contributed by atoms with Crippen molar-refractivity contribution in [2.24, 2.45) is 7.05 Å². The molecule has 1 aromatic rings. The summed E-state index contributed by atoms with van der Waals surface area (Å²) in [7, 11) is 1.86. The second-order valence-corrected chi connectivity index (χ2v) is 5.28. The third-order valence-electron chi connectivity index (χ3n) is 2.25. The molecule has 0 aliphatic heterocycles. The van der Waals surface area contributed by atoms with E-state index >= 15 is 0 Å². The number of hydrogen-bond acceptors (Lipinski definition) is 3. The van der Waals surface area contributed by atoms with Gasteiger partial charge in [-0.1, -0.05) is 5.92 Å². The van der Waals surface area contributed by atoms with E-state index in [1.165, 1.54) is 0 Å². The standard InChI is InChI=1S/C14H21N3O2/c1-11-10-16-17(5)12(11)8-6-7-9-15-13(18)19-14(2,3)4/h10H,7,9H2,1-5H3,(H,15,18). The minimum atomic E-state index is -0.471. The van der Waals surface area contributed by atoms with Crippen LogP contribution in [0.2, 0.25) is 0 Å². The molecule has 5 nitrogen and oxygen atoms in total. The molecule has 0 saturated heterocycles. The molecule has 0 aromatic carbocycles. The predicted octanol–water partition coefficient (Wildman–Crippen LogP) is 1.99. The molecule has 0 aliphatic carbocycles. The van der Waals surface area contributed by atoms with Gasteiger partial charge in [-0.05, 0) is 33.6 Å². The molecule has 0 bridgehead atoms. The maximum Gasteiger partial charge on any atom is 0.407 e. The van der Waals surface area contributed by atoms with Crippen LogP contribution in [0.4, 0.5) is 4.79 Å². The van der Waals surface area contributed by atoms with Gasteiger partial charge in [0.05, 0.1) is 6.20 Å². The summed E-state index contributed by atoms with van der Waals surface area (Å²) in [6.07, 6.45) is 1.94. The SMILES string of the molecule is Cc1cnn(C)c1C#CCCNC(=O)OC(C)(C)C. The molecule has 104 valence electrons. The monoisotopic (exact) mass is 263 g/mol. The number of rotatable bonds is 2. The first-order valence-electron chi connectivity index (χ1n) is 6.24. The fraction of sp³-hybridized carbons (Fsp3) is 0.571. The molecule has 1 rings (SSSR count). The van der Waals surface area contributed by atoms with Gasteiger partial charge in [0, 0.05) is 25.6 Å². The molecule has 0 fully saturated rings. The average Bonchev–Trinajstić information content (AvgIpc) is 2.57. The molecule has 0 saturated carbocycles. The maximum atomic E-state index is 11.4. The van der Waals surface area contributed by atoms with Crippen molar-refractivity contribution in [1.82, 2.24) is 15.1 Å². The topological polar surface area (TPSA) is 56.2 Å². The van der Waals surface area contributed by atoms with Gasteiger partial charge in [0.1, 0.15) is 11.3 Å². The minimum Gasteiger partial charge on any atom is -0.444 e. The van der Waals surface area contributed by atoms with Gasteiger partial charge < -0.3 is 10.1 Å². The maximum absolute atomic E-state index is 11.4. The molecule has 1 aromatic heterocycles. The van der Waals surface area contributed by atoms with Crippen LogP contribution in [0.1, 0.15) is 38.4 Å². The normalized spacial score (nSPS) is 10.6. The first-order valence-corrected chi connectivity index (χ1v) is 6.24. The summed E-state index contributed by atoms with van der Waals surface area (Å²) in [4.78, 5) is 11.4. The van der Waals surface area contributed by atoms with Crippen LogP contribution in [0, 0.1) is 18.8 Å². The second-order valence-electron chi connectivity index (χ2n) is 5.28. The Balaban J connectivity index is 2.35. The van der Waals surface area contributed by atoms with Crippen LogP contribution in [0.25, 0.3) is 0 Å². The number of nitrogens with zero attached hydrogens (tertiary/aromatic N) is 2. The van der Waals surface area contributed by atoms with Crippen LogP contribution in [0.15, 0.2) is 6.20 Å². The summed E-state index contributed by atoms with van der Waals surface area (Å²) in [5.74, 6) is 6.05. The van der Waals surface area contributed by atoms with Crippen molar-refractivity contribution in [3.8, 4) is 11.8 Å². The van der Waals surface area contributed by atoms with Crippen molar-refractivity contribution in [1.29, 1.82) is 0 Å². The van der Waals surface area contributed by atoms with E-state index in [0.717, 1.165) is 11.3 Å². The number of carbonyl (C=O) groups excluding carboxylic acids is 1. The first kappa shape index (κ1) is 15.1. The zero-order valence-electron chi connectivity index (χ0n) is 12.2. The van der Waals surface area contributed by atoms with E-state index in [1.54, 1.807) is 10.9 Å². The summed E-state index contributed by atoms with van der Waals surface area (Å²) < 4.78 is 6.86. The van der Waals surface area contributed by atoms with E-state index in [0.29, 0.717) is 13.0 Å². The highest BCUT2D eigenvalue weighted by Crippen LogP contribution is 2.06. The molecule has 0 unspecified atom stereocenters. The molecular formula is C14H21N3O2. The Labute approximate surface area is 114 Å². The lowest BCUT2D eigenvalue weighted by atomic mass is 10.2. The zero-order valence-corrected chi connectivity index (χ0v) is 12.2. The molecule has 1 heterocycles. The highest BCUT2D eigenvalue weighted by molar-refractivity contribution is 5.67. The van der Waals surface area contributed by atoms with Crippen molar-refractivity contribution < 1.29 is 9.53 Å². The number of alkyl carbamates (subject to hydrolysis) is 1. The summed E-state index contributed by atoms with van der Waals surface area (Å²) >= 11 is 0. The predicted molar refractivity (Wildman–Crippen MR) is 73.7 cm³/mol. The van der Waals surface area contributed by atoms with Crippen LogP contribution in [-0.4, -0.2) is 28.0 Å². The largest absolute Gasteiger partial charge is 0.444 e. The Morgan fingerprint density at radius 2 is 2.21 bits per heavy atom. The average molecular weight is 263 g/mol. The number of hydrogen-bond donors (Lipinski definition) is 1. The van der Waals surface area contributed by atoms with E-state index in [9.17, 15) is 4.79 Å². The molecule has 1 amide bonds. The van der Waals surface area contributed by atoms with Crippen LogP contribution >= 0.6 is 0 Å². The van der Waals surface area contributed by atoms with E-state index < -0.39 is 11.7 Å². The lowest BCUT2D eigenvalue weighted by molar-refractivity contribution is 0.0529. The molecule has 1 N–H and O–H groups in total. The number of aromatic nitrogens is 2. The van der Waals surface area contributed by atoms with Gasteiger partial charge in [-0.15, -0.1) is 0 Å². The second kappa shape index (κ2) is 6.28. The Hall–Kier alpha value is -1.96. The molecular weight excluding hydrogens is 242 g/mol. The van der Waals surface area contributed by atoms with E-state index in [4.69, 9.17) is 4.74 Å². The lowest BCUT2D eigenvalue weighted by Crippen LogP contribution is -2.32. The van der Waals surface area contributed by atoms with Crippen molar-refractivity contribution in [2.75, 3.05) is 6.54 Å². The minimum absolute atomic E-state index is 0.411. The molecule has 19 heavy (non-hydrogen) atoms. The first-order chi connectivity index (χ1) is 8.79. The Kier molecular flexibility index (Phi) is 4.99. The number of aryl methyl sites for hydroxylation is 2. The van der Waals surface area contributed by atoms with Crippen LogP contribution in [0.3, 0.4) is 0 Å². The van der Waals surface area contributed by atoms with Gasteiger partial charge in [0.2, 0.25) is 0 Å². The summed E-state index contributed by atoms with van der Waals surface area (Å²) in [5.41, 5.74) is 1.48. The van der Waals surface area contributed by atoms with Gasteiger partial charge >= 0.3 is 6.09 Å². The third kappa shape index (κ3) is 5.47. The Bertz CT molecular complexity index is 481. The molecule has 0 radical (unpaired) electrons. The summed E-state index contributed by atoms with van der Waals surface area (Å²) in [6.45, 7) is 7.93. The molecule has 5 heteroatoms. The van der Waals surface area contributed by atoms with E-state index in [-0.39, 0.29) is 0 Å². The number of nitrogens with one attached hydrogen (secondary N) is 1. The van der Waals surface area contributed by atoms with Crippen LogP contribution in [-0.2, 0) is 11.8 Å². The smallest absolute Gasteiger partial charge is 0.407 e. The molecule has 0 aliphatic rings. The van der Waals surface area contributed by atoms with Gasteiger partial charge in [0.15, 0.2) is 0 Å². The van der Waals surface area contributed by atoms with Crippen molar-refractivity contribution in [3.05, 3.63) is 17.5 Å². The summed E-state index contributed by atoms with van der Waals surface area (Å²) in [5, 5.41) is 6.77. The van der Waals surface area contributed by atoms with Gasteiger partial charge in [0.25, 0.3) is 0 Å². The van der Waals surface area contributed by atoms with Gasteiger partial charge in [-0.25, -0.2) is 4.79 Å². The van der Waals surface area contributed by atoms with Gasteiger partial charge in [-0.3, -0.25) is 4.68 Å². The zero-order chi connectivity index (χ0) is 14.5. The third-order valence-corrected chi connectivity index (χ3v) is 2.25. The van der Waals surface area contributed by atoms with Gasteiger partial charge in [-0.2, -0.15) is 5.10 Å². The van der Waals surface area contributed by atoms with Crippen LogP contribution in [0.5, 0.6) is 0 Å². The quantitative estimate of drug-likeness (QED) is 0.656. The lowest BCUT2D eigenvalue weighted by Gasteiger charge is -2.19. The van der Waals surface area contributed by atoms with Crippen molar-refractivity contribution in [3.63, 3.8) is 0 Å². The fourth-order valence-electron chi connectivity index (χ4n) is 1.41. The van der Waals surface area contributed by atoms with E-state index in [2.05, 4.69) is 22.3 Å². The number of carbonyl (C=O) groups is 1. The molecule has 0 spiro atoms. The number of ether oxygens (including phenoxy) is 1. The number of amides is 1. The van der Waals surface area contributed by atoms with Crippen molar-refractivity contribution in [2.45, 2.75) is 39.7 Å². The Morgan fingerprint density at radius 1 is 1.53 bits per heavy atom. The highest BCUT2D eigenvalue weighted by Gasteiger charge is 2.15. The van der Waals surface area contributed by atoms with Crippen molar-refractivity contribution >= 4 is 6.09 Å². The fourth-order valence-corrected chi connectivity index (χ4v) is 1.41. The van der Waals surface area contributed by atoms with Crippen LogP contribution < -0.4 is 5.32 Å². The Morgan fingerprint density at radius 3 is 2.74 bits per heavy atom. The van der Waals surface area contributed by atoms with E-state index in [1.807, 2.05) is 34.7 Å². The highest BCUT2D eigenvalue weighted by atomic mass is 16.6. The molecule has 0 atom stereocenters. The summed E-state index contributed by atoms with van der Waals surface area (Å²) in [6, 6.07) is 0.